The third-order valence-electron chi connectivity index (χ3n) is 4.33. The molecule has 0 atom stereocenters. The van der Waals surface area contributed by atoms with Crippen molar-refractivity contribution >= 4 is 38.5 Å². The van der Waals surface area contributed by atoms with Gasteiger partial charge in [0, 0.05) is 13.1 Å². The van der Waals surface area contributed by atoms with Crippen molar-refractivity contribution in [1.29, 1.82) is 0 Å². The zero-order chi connectivity index (χ0) is 20.3. The highest BCUT2D eigenvalue weighted by Crippen LogP contribution is 2.31. The summed E-state index contributed by atoms with van der Waals surface area (Å²) in [4.78, 5) is 31.1. The number of likely N-dealkylation sites (N-methyl/N-ethyl adjacent to an activating group) is 1. The number of hydrogen-bond acceptors (Lipinski definition) is 7. The molecule has 0 unspecified atom stereocenters. The normalized spacial score (nSPS) is 11.3. The van der Waals surface area contributed by atoms with E-state index in [1.807, 2.05) is 13.8 Å². The number of fused-ring (bicyclic) bond motifs is 1. The van der Waals surface area contributed by atoms with Gasteiger partial charge in [-0.25, -0.2) is 9.37 Å². The monoisotopic (exact) mass is 406 g/mol. The van der Waals surface area contributed by atoms with Crippen molar-refractivity contribution in [3.8, 4) is 0 Å². The Morgan fingerprint density at radius 2 is 2.00 bits per heavy atom. The number of anilines is 1. The lowest BCUT2D eigenvalue weighted by atomic mass is 10.3. The quantitative estimate of drug-likeness (QED) is 0.416. The predicted molar refractivity (Wildman–Crippen MR) is 104 cm³/mol. The molecule has 1 aromatic carbocycles. The topological polar surface area (TPSA) is 92.7 Å². The number of nitro groups is 1. The van der Waals surface area contributed by atoms with Gasteiger partial charge in [0.2, 0.25) is 0 Å². The Morgan fingerprint density at radius 1 is 1.25 bits per heavy atom. The second-order valence-electron chi connectivity index (χ2n) is 5.99. The third kappa shape index (κ3) is 4.18. The number of carbonyl (C=O) groups excluding carboxylic acids is 1. The average Bonchev–Trinajstić information content (AvgIpc) is 3.31. The van der Waals surface area contributed by atoms with E-state index in [9.17, 15) is 19.3 Å². The lowest BCUT2D eigenvalue weighted by Gasteiger charge is -2.23. The maximum Gasteiger partial charge on any atom is 0.433 e. The Kier molecular flexibility index (Phi) is 6.00. The minimum absolute atomic E-state index is 0.142. The number of hydrogen-bond donors (Lipinski definition) is 0. The fraction of sp³-hybridized carbons (Fsp3) is 0.333. The van der Waals surface area contributed by atoms with Crippen LogP contribution in [0.1, 0.15) is 24.4 Å². The van der Waals surface area contributed by atoms with Crippen molar-refractivity contribution in [2.45, 2.75) is 13.8 Å². The molecular formula is C18H19FN4O4S. The van der Waals surface area contributed by atoms with Crippen LogP contribution >= 0.6 is 11.3 Å². The molecule has 0 aliphatic heterocycles. The van der Waals surface area contributed by atoms with Gasteiger partial charge in [-0.3, -0.25) is 19.8 Å². The first-order valence-electron chi connectivity index (χ1n) is 8.77. The summed E-state index contributed by atoms with van der Waals surface area (Å²) in [6.07, 6.45) is 0. The van der Waals surface area contributed by atoms with Crippen LogP contribution in [0.25, 0.3) is 10.2 Å². The SMILES string of the molecule is CCN(CC)CCN(C(=O)c1ccc([N+](=O)[O-])o1)c1nc2ccc(F)cc2s1. The van der Waals surface area contributed by atoms with E-state index in [4.69, 9.17) is 4.42 Å². The Labute approximate surface area is 164 Å². The lowest BCUT2D eigenvalue weighted by Crippen LogP contribution is -2.38. The molecule has 0 fully saturated rings. The van der Waals surface area contributed by atoms with Crippen LogP contribution < -0.4 is 4.90 Å². The first kappa shape index (κ1) is 19.9. The summed E-state index contributed by atoms with van der Waals surface area (Å²) in [6, 6.07) is 6.64. The summed E-state index contributed by atoms with van der Waals surface area (Å²) in [5, 5.41) is 11.2. The second kappa shape index (κ2) is 8.44. The van der Waals surface area contributed by atoms with Gasteiger partial charge in [0.05, 0.1) is 16.3 Å². The summed E-state index contributed by atoms with van der Waals surface area (Å²) in [6.45, 7) is 6.58. The van der Waals surface area contributed by atoms with Crippen molar-refractivity contribution in [1.82, 2.24) is 9.88 Å². The first-order valence-corrected chi connectivity index (χ1v) is 9.59. The van der Waals surface area contributed by atoms with Gasteiger partial charge in [0.1, 0.15) is 10.7 Å². The molecule has 2 aromatic heterocycles. The van der Waals surface area contributed by atoms with Crippen LogP contribution in [0.5, 0.6) is 0 Å². The number of rotatable bonds is 8. The number of carbonyl (C=O) groups is 1. The Morgan fingerprint density at radius 3 is 2.64 bits per heavy atom. The van der Waals surface area contributed by atoms with Gasteiger partial charge in [-0.1, -0.05) is 25.2 Å². The molecule has 0 saturated carbocycles. The van der Waals surface area contributed by atoms with Crippen molar-refractivity contribution in [3.05, 3.63) is 52.0 Å². The summed E-state index contributed by atoms with van der Waals surface area (Å²) < 4.78 is 19.2. The molecule has 3 aromatic rings. The van der Waals surface area contributed by atoms with Gasteiger partial charge < -0.3 is 9.32 Å². The Hall–Kier alpha value is -2.85. The number of halogens is 1. The van der Waals surface area contributed by atoms with Crippen LogP contribution in [0.2, 0.25) is 0 Å². The molecule has 1 amide bonds. The van der Waals surface area contributed by atoms with E-state index in [1.54, 1.807) is 6.07 Å². The highest BCUT2D eigenvalue weighted by molar-refractivity contribution is 7.22. The van der Waals surface area contributed by atoms with Crippen LogP contribution in [0.15, 0.2) is 34.7 Å². The molecule has 0 aliphatic carbocycles. The van der Waals surface area contributed by atoms with Crippen molar-refractivity contribution < 1.29 is 18.5 Å². The predicted octanol–water partition coefficient (Wildman–Crippen LogP) is 3.93. The zero-order valence-electron chi connectivity index (χ0n) is 15.4. The number of furan rings is 1. The number of thiazole rings is 1. The molecule has 8 nitrogen and oxygen atoms in total. The van der Waals surface area contributed by atoms with Crippen LogP contribution in [-0.4, -0.2) is 46.9 Å². The van der Waals surface area contributed by atoms with Crippen LogP contribution in [-0.2, 0) is 0 Å². The van der Waals surface area contributed by atoms with Crippen molar-refractivity contribution in [2.24, 2.45) is 0 Å². The fourth-order valence-electron chi connectivity index (χ4n) is 2.74. The van der Waals surface area contributed by atoms with Gasteiger partial charge >= 0.3 is 5.88 Å². The molecule has 0 saturated heterocycles. The Bertz CT molecular complexity index is 999. The highest BCUT2D eigenvalue weighted by atomic mass is 32.1. The maximum atomic E-state index is 13.5. The Balaban J connectivity index is 1.94. The third-order valence-corrected chi connectivity index (χ3v) is 5.37. The summed E-state index contributed by atoms with van der Waals surface area (Å²) >= 11 is 1.18. The van der Waals surface area contributed by atoms with Gasteiger partial charge in [-0.2, -0.15) is 0 Å². The van der Waals surface area contributed by atoms with E-state index in [2.05, 4.69) is 9.88 Å². The summed E-state index contributed by atoms with van der Waals surface area (Å²) in [7, 11) is 0. The highest BCUT2D eigenvalue weighted by Gasteiger charge is 2.26. The van der Waals surface area contributed by atoms with Gasteiger partial charge in [-0.05, 0) is 37.4 Å². The average molecular weight is 406 g/mol. The zero-order valence-corrected chi connectivity index (χ0v) is 16.2. The van der Waals surface area contributed by atoms with E-state index >= 15 is 0 Å². The van der Waals surface area contributed by atoms with E-state index in [0.29, 0.717) is 28.4 Å². The van der Waals surface area contributed by atoms with E-state index < -0.39 is 16.7 Å². The molecule has 0 radical (unpaired) electrons. The molecule has 0 bridgehead atoms. The maximum absolute atomic E-state index is 13.5. The molecule has 28 heavy (non-hydrogen) atoms. The summed E-state index contributed by atoms with van der Waals surface area (Å²) in [5.41, 5.74) is 0.576. The summed E-state index contributed by atoms with van der Waals surface area (Å²) in [5.74, 6) is -1.56. The first-order chi connectivity index (χ1) is 13.4. The molecule has 3 rings (SSSR count). The number of benzene rings is 1. The number of amides is 1. The van der Waals surface area contributed by atoms with E-state index in [-0.39, 0.29) is 11.6 Å². The number of nitrogens with zero attached hydrogens (tertiary/aromatic N) is 4. The number of aromatic nitrogens is 1. The minimum atomic E-state index is -0.697. The minimum Gasteiger partial charge on any atom is -0.395 e. The van der Waals surface area contributed by atoms with Gasteiger partial charge in [-0.15, -0.1) is 0 Å². The van der Waals surface area contributed by atoms with Crippen LogP contribution in [0.4, 0.5) is 15.4 Å². The smallest absolute Gasteiger partial charge is 0.395 e. The van der Waals surface area contributed by atoms with Crippen LogP contribution in [0, 0.1) is 15.9 Å². The molecule has 148 valence electrons. The van der Waals surface area contributed by atoms with Gasteiger partial charge in [0.25, 0.3) is 5.91 Å². The fourth-order valence-corrected chi connectivity index (χ4v) is 3.76. The molecule has 0 aliphatic rings. The lowest BCUT2D eigenvalue weighted by molar-refractivity contribution is -0.402. The second-order valence-corrected chi connectivity index (χ2v) is 7.00. The molecule has 0 spiro atoms. The van der Waals surface area contributed by atoms with Gasteiger partial charge in [0.15, 0.2) is 10.9 Å². The molecule has 10 heteroatoms. The van der Waals surface area contributed by atoms with E-state index in [1.165, 1.54) is 34.4 Å². The van der Waals surface area contributed by atoms with Crippen LogP contribution in [0.3, 0.4) is 0 Å². The van der Waals surface area contributed by atoms with Crippen molar-refractivity contribution in [2.75, 3.05) is 31.1 Å². The van der Waals surface area contributed by atoms with Crippen molar-refractivity contribution in [3.63, 3.8) is 0 Å². The van der Waals surface area contributed by atoms with E-state index in [0.717, 1.165) is 19.2 Å². The molecule has 2 heterocycles. The molecule has 0 N–H and O–H groups in total. The standard InChI is InChI=1S/C18H19FN4O4S/c1-3-21(4-2)9-10-22(17(24)14-7-8-16(27-14)23(25)26)18-20-13-6-5-12(19)11-15(13)28-18/h5-8,11H,3-4,9-10H2,1-2H3. The largest absolute Gasteiger partial charge is 0.433 e. The molecular weight excluding hydrogens is 387 g/mol.